The molecule has 0 aliphatic carbocycles. The molecule has 50 valence electrons. The molecule has 0 aliphatic heterocycles. The molecule has 0 aliphatic rings. The van der Waals surface area contributed by atoms with Crippen molar-refractivity contribution in [3.8, 4) is 5.40 Å². The van der Waals surface area contributed by atoms with E-state index in [0.717, 1.165) is 5.40 Å². The van der Waals surface area contributed by atoms with Gasteiger partial charge in [-0.25, -0.2) is 14.7 Å². The first-order chi connectivity index (χ1) is 4.00. The highest BCUT2D eigenvalue weighted by Crippen LogP contribution is 1.84. The van der Waals surface area contributed by atoms with E-state index in [9.17, 15) is 14.3 Å². The van der Waals surface area contributed by atoms with Crippen molar-refractivity contribution in [3.63, 3.8) is 0 Å². The van der Waals surface area contributed by atoms with Crippen molar-refractivity contribution in [2.45, 2.75) is 0 Å². The lowest BCUT2D eigenvalue weighted by Gasteiger charge is -1.73. The maximum atomic E-state index is 10.1. The average Bonchev–Trinajstić information content (AvgIpc) is 1.65. The molecule has 1 N–H and O–H groups in total. The summed E-state index contributed by atoms with van der Waals surface area (Å²) in [6.45, 7) is 0. The molecule has 0 heterocycles. The fourth-order valence-corrected chi connectivity index (χ4v) is 0.711. The van der Waals surface area contributed by atoms with Gasteiger partial charge in [0.15, 0.2) is 4.33 Å². The Kier molecular flexibility index (Phi) is 2.44. The Morgan fingerprint density at radius 2 is 2.33 bits per heavy atom. The predicted molar refractivity (Wildman–Crippen MR) is 30.7 cm³/mol. The van der Waals surface area contributed by atoms with Gasteiger partial charge in [-0.3, -0.25) is 0 Å². The zero-order chi connectivity index (χ0) is 7.49. The molecule has 0 rings (SSSR count). The summed E-state index contributed by atoms with van der Waals surface area (Å²) in [5, 5.41) is 18.4. The van der Waals surface area contributed by atoms with Crippen molar-refractivity contribution in [1.82, 2.24) is 0 Å². The van der Waals surface area contributed by atoms with Crippen LogP contribution in [0.3, 0.4) is 0 Å². The SMILES string of the molecule is N#C[S+]=S(=O)(O)[N+](=O)[O-]. The van der Waals surface area contributed by atoms with Gasteiger partial charge in [-0.15, -0.1) is 9.47 Å². The number of nitrogens with zero attached hydrogens (tertiary/aromatic N) is 2. The zero-order valence-corrected chi connectivity index (χ0v) is 5.52. The number of hydrogen-bond acceptors (Lipinski definition) is 4. The molecular formula is CHN2O4S2+. The summed E-state index contributed by atoms with van der Waals surface area (Å²) in [5.74, 6) is 0. The van der Waals surface area contributed by atoms with Crippen LogP contribution in [0.4, 0.5) is 0 Å². The summed E-state index contributed by atoms with van der Waals surface area (Å²) < 4.78 is 16.8. The maximum Gasteiger partial charge on any atom is 0.606 e. The molecule has 8 heteroatoms. The number of rotatable bonds is 1. The van der Waals surface area contributed by atoms with Crippen LogP contribution in [-0.4, -0.2) is 13.1 Å². The first-order valence-corrected chi connectivity index (χ1v) is 4.30. The number of nitriles is 1. The predicted octanol–water partition coefficient (Wildman–Crippen LogP) is -0.586. The van der Waals surface area contributed by atoms with Gasteiger partial charge in [0, 0.05) is 0 Å². The molecule has 9 heavy (non-hydrogen) atoms. The molecule has 0 saturated carbocycles. The average molecular weight is 169 g/mol. The second-order valence-electron chi connectivity index (χ2n) is 0.846. The van der Waals surface area contributed by atoms with Gasteiger partial charge in [-0.2, -0.15) is 0 Å². The Hall–Kier alpha value is -0.780. The van der Waals surface area contributed by atoms with Gasteiger partial charge in [0.2, 0.25) is 0 Å². The summed E-state index contributed by atoms with van der Waals surface area (Å²) in [7, 11) is -4.49. The summed E-state index contributed by atoms with van der Waals surface area (Å²) in [6, 6.07) is 0. The van der Waals surface area contributed by atoms with Crippen LogP contribution in [0.5, 0.6) is 0 Å². The van der Waals surface area contributed by atoms with Crippen LogP contribution in [0.25, 0.3) is 0 Å². The maximum absolute atomic E-state index is 10.1. The van der Waals surface area contributed by atoms with E-state index in [0.29, 0.717) is 0 Å². The molecule has 0 spiro atoms. The zero-order valence-electron chi connectivity index (χ0n) is 3.88. The highest BCUT2D eigenvalue weighted by atomic mass is 32.9. The summed E-state index contributed by atoms with van der Waals surface area (Å²) in [5.41, 5.74) is 0. The van der Waals surface area contributed by atoms with Crippen LogP contribution in [0, 0.1) is 20.8 Å². The number of hydrogen-bond donors (Lipinski definition) is 1. The minimum Gasteiger partial charge on any atom is -0.244 e. The van der Waals surface area contributed by atoms with Crippen molar-refractivity contribution in [3.05, 3.63) is 10.1 Å². The van der Waals surface area contributed by atoms with Gasteiger partial charge in [-0.1, -0.05) is 0 Å². The molecule has 0 saturated heterocycles. The molecular weight excluding hydrogens is 168 g/mol. The van der Waals surface area contributed by atoms with Crippen molar-refractivity contribution < 1.29 is 13.1 Å². The quantitative estimate of drug-likeness (QED) is 0.244. The van der Waals surface area contributed by atoms with Gasteiger partial charge in [0.1, 0.15) is 0 Å². The summed E-state index contributed by atoms with van der Waals surface area (Å²) in [4.78, 5) is 9.52. The summed E-state index contributed by atoms with van der Waals surface area (Å²) >= 11 is 0. The topological polar surface area (TPSA) is 104 Å². The van der Waals surface area contributed by atoms with E-state index < -0.39 is 13.3 Å². The van der Waals surface area contributed by atoms with E-state index >= 15 is 0 Å². The second-order valence-corrected chi connectivity index (χ2v) is 4.19. The molecule has 1 atom stereocenters. The van der Waals surface area contributed by atoms with Gasteiger partial charge in [-0.05, 0) is 0 Å². The monoisotopic (exact) mass is 169 g/mol. The smallest absolute Gasteiger partial charge is 0.244 e. The molecule has 6 nitrogen and oxygen atoms in total. The molecule has 0 aromatic carbocycles. The van der Waals surface area contributed by atoms with E-state index in [-0.39, 0.29) is 10.3 Å². The normalized spacial score (nSPS) is 15.1. The van der Waals surface area contributed by atoms with Crippen molar-refractivity contribution in [2.24, 2.45) is 0 Å². The highest BCUT2D eigenvalue weighted by molar-refractivity contribution is 8.35. The molecule has 0 fully saturated rings. The standard InChI is InChI=1S/CN2O4S2/c2-1-8-9(6,7)3(4)5/p+1. The van der Waals surface area contributed by atoms with Crippen LogP contribution < -0.4 is 0 Å². The minimum absolute atomic E-state index is 0.269. The largest absolute Gasteiger partial charge is 0.606 e. The first kappa shape index (κ1) is 8.22. The lowest BCUT2D eigenvalue weighted by atomic mass is 11.8. The van der Waals surface area contributed by atoms with E-state index in [4.69, 9.17) is 9.81 Å². The fourth-order valence-electron chi connectivity index (χ4n) is 0.0790. The fraction of sp³-hybridized carbons (Fsp3) is 0. The van der Waals surface area contributed by atoms with E-state index in [1.165, 1.54) is 0 Å². The lowest BCUT2D eigenvalue weighted by molar-refractivity contribution is -0.307. The molecule has 0 amide bonds. The third-order valence-electron chi connectivity index (χ3n) is 0.334. The molecule has 0 radical (unpaired) electrons. The van der Waals surface area contributed by atoms with Crippen LogP contribution in [-0.2, 0) is 19.3 Å². The van der Waals surface area contributed by atoms with Gasteiger partial charge >= 0.3 is 24.7 Å². The number of thiocyanates is 1. The van der Waals surface area contributed by atoms with Crippen LogP contribution in [0.15, 0.2) is 0 Å². The highest BCUT2D eigenvalue weighted by Gasteiger charge is 2.29. The summed E-state index contributed by atoms with van der Waals surface area (Å²) in [6.07, 6.45) is 0. The molecule has 0 bridgehead atoms. The molecule has 1 unspecified atom stereocenters. The Bertz CT molecular complexity index is 267. The van der Waals surface area contributed by atoms with Gasteiger partial charge in [0.25, 0.3) is 0 Å². The Morgan fingerprint density at radius 1 is 1.89 bits per heavy atom. The van der Waals surface area contributed by atoms with E-state index in [2.05, 4.69) is 0 Å². The Morgan fingerprint density at radius 3 is 2.44 bits per heavy atom. The van der Waals surface area contributed by atoms with Gasteiger partial charge < -0.3 is 0 Å². The second kappa shape index (κ2) is 2.67. The number of nitro groups is 1. The first-order valence-electron chi connectivity index (χ1n) is 1.49. The lowest BCUT2D eigenvalue weighted by Crippen LogP contribution is -2.10. The minimum atomic E-state index is -4.22. The molecule has 0 aromatic heterocycles. The van der Waals surface area contributed by atoms with Crippen molar-refractivity contribution in [1.29, 1.82) is 5.26 Å². The van der Waals surface area contributed by atoms with Crippen LogP contribution in [0.2, 0.25) is 0 Å². The van der Waals surface area contributed by atoms with Crippen LogP contribution >= 0.6 is 0 Å². The van der Waals surface area contributed by atoms with Crippen molar-refractivity contribution in [2.75, 3.05) is 0 Å². The Balaban J connectivity index is 4.89. The third-order valence-corrected chi connectivity index (χ3v) is 2.24. The van der Waals surface area contributed by atoms with Crippen LogP contribution in [0.1, 0.15) is 0 Å². The molecule has 0 aromatic rings. The van der Waals surface area contributed by atoms with Gasteiger partial charge in [0.05, 0.1) is 0 Å². The van der Waals surface area contributed by atoms with Crippen molar-refractivity contribution >= 4 is 19.3 Å². The Labute approximate surface area is 53.8 Å². The third kappa shape index (κ3) is 2.31. The van der Waals surface area contributed by atoms with E-state index in [1.807, 2.05) is 0 Å². The van der Waals surface area contributed by atoms with E-state index in [1.54, 1.807) is 0 Å².